The molecule has 0 saturated heterocycles. The Morgan fingerprint density at radius 3 is 1.88 bits per heavy atom. The lowest BCUT2D eigenvalue weighted by molar-refractivity contribution is -0.118. The number of hydrogen-bond acceptors (Lipinski definition) is 2. The number of halogens is 6. The van der Waals surface area contributed by atoms with E-state index in [9.17, 15) is 31.1 Å². The Hall–Kier alpha value is -2.16. The quantitative estimate of drug-likeness (QED) is 0.377. The van der Waals surface area contributed by atoms with Crippen molar-refractivity contribution < 1.29 is 31.1 Å². The first-order valence-electron chi connectivity index (χ1n) is 6.46. The first-order chi connectivity index (χ1) is 11.3. The third kappa shape index (κ3) is 4.02. The van der Waals surface area contributed by atoms with Gasteiger partial charge in [-0.3, -0.25) is 4.79 Å². The van der Waals surface area contributed by atoms with E-state index in [0.29, 0.717) is 5.56 Å². The molecule has 2 nitrogen and oxygen atoms in total. The largest absolute Gasteiger partial charge is 0.351 e. The van der Waals surface area contributed by atoms with E-state index in [0.717, 1.165) is 0 Å². The molecule has 9 heteroatoms. The van der Waals surface area contributed by atoms with Gasteiger partial charge < -0.3 is 5.32 Å². The van der Waals surface area contributed by atoms with Gasteiger partial charge >= 0.3 is 0 Å². The Labute approximate surface area is 136 Å². The molecule has 0 fully saturated rings. The standard InChI is InChI=1S/C15H9F6NOS/c16-8-3-1-7(2-4-8)5-22-9(23)6-24-15-13(20)11(18)10(17)12(19)14(15)21/h1-4H,5-6H2,(H,22,23). The first-order valence-corrected chi connectivity index (χ1v) is 7.45. The molecule has 0 heterocycles. The number of carbonyl (C=O) groups is 1. The molecule has 24 heavy (non-hydrogen) atoms. The van der Waals surface area contributed by atoms with Gasteiger partial charge in [-0.25, -0.2) is 26.3 Å². The van der Waals surface area contributed by atoms with E-state index >= 15 is 0 Å². The van der Waals surface area contributed by atoms with Crippen molar-refractivity contribution in [2.75, 3.05) is 5.75 Å². The Morgan fingerprint density at radius 2 is 1.33 bits per heavy atom. The fourth-order valence-electron chi connectivity index (χ4n) is 1.70. The summed E-state index contributed by atoms with van der Waals surface area (Å²) in [6.45, 7) is 0.0246. The highest BCUT2D eigenvalue weighted by atomic mass is 32.2. The maximum atomic E-state index is 13.4. The summed E-state index contributed by atoms with van der Waals surface area (Å²) >= 11 is 0.188. The molecule has 1 amide bonds. The smallest absolute Gasteiger partial charge is 0.230 e. The molecule has 2 aromatic carbocycles. The minimum absolute atomic E-state index is 0.0246. The highest BCUT2D eigenvalue weighted by molar-refractivity contribution is 8.00. The SMILES string of the molecule is O=C(CSc1c(F)c(F)c(F)c(F)c1F)NCc1ccc(F)cc1. The van der Waals surface area contributed by atoms with Crippen molar-refractivity contribution in [3.8, 4) is 0 Å². The maximum absolute atomic E-state index is 13.4. The molecular weight excluding hydrogens is 356 g/mol. The fraction of sp³-hybridized carbons (Fsp3) is 0.133. The van der Waals surface area contributed by atoms with Gasteiger partial charge in [-0.1, -0.05) is 12.1 Å². The van der Waals surface area contributed by atoms with Crippen molar-refractivity contribution in [3.63, 3.8) is 0 Å². The van der Waals surface area contributed by atoms with Crippen LogP contribution in [0.4, 0.5) is 26.3 Å². The molecule has 0 spiro atoms. The van der Waals surface area contributed by atoms with Crippen molar-refractivity contribution in [2.24, 2.45) is 0 Å². The molecule has 0 aliphatic carbocycles. The predicted octanol–water partition coefficient (Wildman–Crippen LogP) is 3.93. The molecule has 0 saturated carbocycles. The lowest BCUT2D eigenvalue weighted by Crippen LogP contribution is -2.24. The van der Waals surface area contributed by atoms with E-state index in [4.69, 9.17) is 0 Å². The van der Waals surface area contributed by atoms with Crippen LogP contribution in [0.15, 0.2) is 29.2 Å². The normalized spacial score (nSPS) is 10.8. The molecule has 0 radical (unpaired) electrons. The molecule has 2 aromatic rings. The zero-order valence-electron chi connectivity index (χ0n) is 11.8. The Bertz CT molecular complexity index is 737. The van der Waals surface area contributed by atoms with E-state index in [1.807, 2.05) is 0 Å². The molecule has 128 valence electrons. The van der Waals surface area contributed by atoms with Gasteiger partial charge in [0.15, 0.2) is 23.3 Å². The molecule has 0 aliphatic heterocycles. The van der Waals surface area contributed by atoms with Gasteiger partial charge in [0.25, 0.3) is 0 Å². The van der Waals surface area contributed by atoms with Crippen molar-refractivity contribution in [3.05, 3.63) is 64.7 Å². The Kier molecular flexibility index (Phi) is 5.76. The highest BCUT2D eigenvalue weighted by Gasteiger charge is 2.26. The van der Waals surface area contributed by atoms with Crippen LogP contribution >= 0.6 is 11.8 Å². The van der Waals surface area contributed by atoms with Gasteiger partial charge in [-0.05, 0) is 17.7 Å². The molecule has 0 aromatic heterocycles. The molecule has 0 unspecified atom stereocenters. The summed E-state index contributed by atoms with van der Waals surface area (Å²) < 4.78 is 78.5. The number of thioether (sulfide) groups is 1. The lowest BCUT2D eigenvalue weighted by Gasteiger charge is -2.08. The summed E-state index contributed by atoms with van der Waals surface area (Å²) in [6, 6.07) is 5.22. The van der Waals surface area contributed by atoms with Gasteiger partial charge in [0.05, 0.1) is 10.6 Å². The number of nitrogens with one attached hydrogen (secondary N) is 1. The van der Waals surface area contributed by atoms with Crippen molar-refractivity contribution in [1.29, 1.82) is 0 Å². The third-order valence-corrected chi connectivity index (χ3v) is 3.97. The van der Waals surface area contributed by atoms with Gasteiger partial charge in [0, 0.05) is 6.54 Å². The average Bonchev–Trinajstić information content (AvgIpc) is 2.57. The van der Waals surface area contributed by atoms with Crippen LogP contribution in [-0.4, -0.2) is 11.7 Å². The van der Waals surface area contributed by atoms with Crippen LogP contribution in [0.3, 0.4) is 0 Å². The second-order valence-corrected chi connectivity index (χ2v) is 5.58. The Morgan fingerprint density at radius 1 is 0.833 bits per heavy atom. The molecular formula is C15H9F6NOS. The van der Waals surface area contributed by atoms with E-state index in [-0.39, 0.29) is 18.3 Å². The predicted molar refractivity (Wildman–Crippen MR) is 75.2 cm³/mol. The number of carbonyl (C=O) groups excluding carboxylic acids is 1. The molecule has 2 rings (SSSR count). The van der Waals surface area contributed by atoms with Crippen LogP contribution < -0.4 is 5.32 Å². The second-order valence-electron chi connectivity index (χ2n) is 4.59. The van der Waals surface area contributed by atoms with Crippen LogP contribution in [0.5, 0.6) is 0 Å². The maximum Gasteiger partial charge on any atom is 0.230 e. The average molecular weight is 365 g/mol. The number of rotatable bonds is 5. The number of hydrogen-bond donors (Lipinski definition) is 1. The topological polar surface area (TPSA) is 29.1 Å². The van der Waals surface area contributed by atoms with Crippen LogP contribution in [0, 0.1) is 34.9 Å². The van der Waals surface area contributed by atoms with E-state index in [1.54, 1.807) is 0 Å². The van der Waals surface area contributed by atoms with Crippen molar-refractivity contribution >= 4 is 17.7 Å². The molecule has 0 bridgehead atoms. The van der Waals surface area contributed by atoms with Gasteiger partial charge in [0.2, 0.25) is 11.7 Å². The van der Waals surface area contributed by atoms with Gasteiger partial charge in [-0.15, -0.1) is 11.8 Å². The summed E-state index contributed by atoms with van der Waals surface area (Å²) in [6.07, 6.45) is 0. The van der Waals surface area contributed by atoms with Crippen LogP contribution in [0.2, 0.25) is 0 Å². The third-order valence-electron chi connectivity index (χ3n) is 2.92. The minimum atomic E-state index is -2.25. The Balaban J connectivity index is 1.98. The minimum Gasteiger partial charge on any atom is -0.351 e. The second kappa shape index (κ2) is 7.61. The van der Waals surface area contributed by atoms with E-state index < -0.39 is 51.5 Å². The van der Waals surface area contributed by atoms with Crippen molar-refractivity contribution in [1.82, 2.24) is 5.32 Å². The van der Waals surface area contributed by atoms with E-state index in [1.165, 1.54) is 24.3 Å². The summed E-state index contributed by atoms with van der Waals surface area (Å²) in [5, 5.41) is 2.38. The number of benzene rings is 2. The van der Waals surface area contributed by atoms with Crippen LogP contribution in [-0.2, 0) is 11.3 Å². The van der Waals surface area contributed by atoms with Crippen LogP contribution in [0.1, 0.15) is 5.56 Å². The van der Waals surface area contributed by atoms with Crippen molar-refractivity contribution in [2.45, 2.75) is 11.4 Å². The van der Waals surface area contributed by atoms with E-state index in [2.05, 4.69) is 5.32 Å². The summed E-state index contributed by atoms with van der Waals surface area (Å²) in [5.41, 5.74) is 0.575. The van der Waals surface area contributed by atoms with Gasteiger partial charge in [-0.2, -0.15) is 0 Å². The zero-order chi connectivity index (χ0) is 17.9. The fourth-order valence-corrected chi connectivity index (χ4v) is 2.51. The lowest BCUT2D eigenvalue weighted by atomic mass is 10.2. The summed E-state index contributed by atoms with van der Waals surface area (Å²) in [5.74, 6) is -12.0. The zero-order valence-corrected chi connectivity index (χ0v) is 12.6. The van der Waals surface area contributed by atoms with Gasteiger partial charge in [0.1, 0.15) is 5.82 Å². The number of amides is 1. The first kappa shape index (κ1) is 18.2. The van der Waals surface area contributed by atoms with Crippen LogP contribution in [0.25, 0.3) is 0 Å². The monoisotopic (exact) mass is 365 g/mol. The molecule has 1 N–H and O–H groups in total. The molecule has 0 aliphatic rings. The highest BCUT2D eigenvalue weighted by Crippen LogP contribution is 2.30. The summed E-state index contributed by atoms with van der Waals surface area (Å²) in [4.78, 5) is 10.5. The summed E-state index contributed by atoms with van der Waals surface area (Å²) in [7, 11) is 0. The molecule has 0 atom stereocenters.